The van der Waals surface area contributed by atoms with Gasteiger partial charge in [-0.15, -0.1) is 0 Å². The highest BCUT2D eigenvalue weighted by molar-refractivity contribution is 5.75. The molecule has 3 nitrogen and oxygen atoms in total. The molecule has 2 atom stereocenters. The topological polar surface area (TPSA) is 46.3 Å². The first kappa shape index (κ1) is 12.5. The van der Waals surface area contributed by atoms with Gasteiger partial charge in [0.25, 0.3) is 0 Å². The molecule has 1 heterocycles. The summed E-state index contributed by atoms with van der Waals surface area (Å²) >= 11 is 0. The molecule has 88 valence electrons. The molecule has 2 N–H and O–H groups in total. The molecular formula is C12H24N2O. The van der Waals surface area contributed by atoms with E-state index in [4.69, 9.17) is 5.73 Å². The lowest BCUT2D eigenvalue weighted by Crippen LogP contribution is -2.43. The minimum Gasteiger partial charge on any atom is -0.369 e. The number of amides is 1. The highest BCUT2D eigenvalue weighted by atomic mass is 16.1. The summed E-state index contributed by atoms with van der Waals surface area (Å²) in [6.45, 7) is 8.21. The zero-order chi connectivity index (χ0) is 11.4. The van der Waals surface area contributed by atoms with Crippen molar-refractivity contribution in [3.8, 4) is 0 Å². The Hall–Kier alpha value is -0.570. The lowest BCUT2D eigenvalue weighted by molar-refractivity contribution is -0.119. The van der Waals surface area contributed by atoms with Crippen molar-refractivity contribution in [2.75, 3.05) is 13.1 Å². The van der Waals surface area contributed by atoms with Gasteiger partial charge in [0, 0.05) is 6.04 Å². The van der Waals surface area contributed by atoms with Crippen LogP contribution in [0.2, 0.25) is 0 Å². The van der Waals surface area contributed by atoms with E-state index < -0.39 is 0 Å². The van der Waals surface area contributed by atoms with Gasteiger partial charge >= 0.3 is 0 Å². The zero-order valence-electron chi connectivity index (χ0n) is 10.2. The maximum absolute atomic E-state index is 11.0. The van der Waals surface area contributed by atoms with Crippen LogP contribution in [0, 0.1) is 11.8 Å². The summed E-state index contributed by atoms with van der Waals surface area (Å²) in [6, 6.07) is 0.530. The predicted octanol–water partition coefficient (Wildman–Crippen LogP) is 1.62. The average molecular weight is 212 g/mol. The molecule has 0 aliphatic carbocycles. The SMILES string of the molecule is CC1CCC(C(C)C)N(CC(N)=O)CC1. The Morgan fingerprint density at radius 2 is 2.07 bits per heavy atom. The van der Waals surface area contributed by atoms with Crippen LogP contribution in [-0.2, 0) is 4.79 Å². The Balaban J connectivity index is 2.64. The standard InChI is InChI=1S/C12H24N2O/c1-9(2)11-5-4-10(3)6-7-14(11)8-12(13)15/h9-11H,4-8H2,1-3H3,(H2,13,15). The van der Waals surface area contributed by atoms with E-state index >= 15 is 0 Å². The zero-order valence-corrected chi connectivity index (χ0v) is 10.2. The largest absolute Gasteiger partial charge is 0.369 e. The number of rotatable bonds is 3. The van der Waals surface area contributed by atoms with Gasteiger partial charge in [0.1, 0.15) is 0 Å². The first-order chi connectivity index (χ1) is 7.00. The van der Waals surface area contributed by atoms with Crippen LogP contribution in [0.3, 0.4) is 0 Å². The van der Waals surface area contributed by atoms with Gasteiger partial charge in [-0.3, -0.25) is 9.69 Å². The van der Waals surface area contributed by atoms with Gasteiger partial charge in [-0.1, -0.05) is 20.8 Å². The summed E-state index contributed by atoms with van der Waals surface area (Å²) in [7, 11) is 0. The molecule has 1 rings (SSSR count). The first-order valence-corrected chi connectivity index (χ1v) is 6.03. The molecule has 1 fully saturated rings. The molecular weight excluding hydrogens is 188 g/mol. The van der Waals surface area contributed by atoms with E-state index in [0.29, 0.717) is 18.5 Å². The molecule has 1 aliphatic rings. The molecule has 0 spiro atoms. The summed E-state index contributed by atoms with van der Waals surface area (Å²) in [5.41, 5.74) is 5.29. The van der Waals surface area contributed by atoms with Crippen LogP contribution in [0.1, 0.15) is 40.0 Å². The second-order valence-corrected chi connectivity index (χ2v) is 5.22. The van der Waals surface area contributed by atoms with Crippen molar-refractivity contribution in [2.45, 2.75) is 46.1 Å². The number of primary amides is 1. The summed E-state index contributed by atoms with van der Waals surface area (Å²) in [5, 5.41) is 0. The van der Waals surface area contributed by atoms with Crippen molar-refractivity contribution in [3.05, 3.63) is 0 Å². The van der Waals surface area contributed by atoms with Crippen molar-refractivity contribution in [1.29, 1.82) is 0 Å². The normalized spacial score (nSPS) is 29.1. The summed E-state index contributed by atoms with van der Waals surface area (Å²) in [6.07, 6.45) is 3.67. The van der Waals surface area contributed by atoms with Gasteiger partial charge in [-0.2, -0.15) is 0 Å². The van der Waals surface area contributed by atoms with Gasteiger partial charge in [0.2, 0.25) is 5.91 Å². The fraction of sp³-hybridized carbons (Fsp3) is 0.917. The monoisotopic (exact) mass is 212 g/mol. The molecule has 0 saturated carbocycles. The number of likely N-dealkylation sites (tertiary alicyclic amines) is 1. The predicted molar refractivity (Wildman–Crippen MR) is 62.4 cm³/mol. The fourth-order valence-electron chi connectivity index (χ4n) is 2.49. The summed E-state index contributed by atoms with van der Waals surface area (Å²) < 4.78 is 0. The Morgan fingerprint density at radius 1 is 1.40 bits per heavy atom. The molecule has 0 aromatic carbocycles. The number of carbonyl (C=O) groups is 1. The van der Waals surface area contributed by atoms with E-state index in [1.807, 2.05) is 0 Å². The van der Waals surface area contributed by atoms with Crippen LogP contribution in [0.4, 0.5) is 0 Å². The Kier molecular flexibility index (Phi) is 4.58. The van der Waals surface area contributed by atoms with E-state index in [1.165, 1.54) is 19.3 Å². The van der Waals surface area contributed by atoms with Gasteiger partial charge in [0.05, 0.1) is 6.54 Å². The molecule has 2 unspecified atom stereocenters. The van der Waals surface area contributed by atoms with Gasteiger partial charge in [0.15, 0.2) is 0 Å². The molecule has 1 amide bonds. The maximum Gasteiger partial charge on any atom is 0.231 e. The van der Waals surface area contributed by atoms with Gasteiger partial charge in [-0.25, -0.2) is 0 Å². The van der Waals surface area contributed by atoms with Crippen molar-refractivity contribution in [1.82, 2.24) is 4.90 Å². The van der Waals surface area contributed by atoms with Crippen LogP contribution >= 0.6 is 0 Å². The smallest absolute Gasteiger partial charge is 0.231 e. The van der Waals surface area contributed by atoms with Crippen LogP contribution in [0.15, 0.2) is 0 Å². The van der Waals surface area contributed by atoms with E-state index in [9.17, 15) is 4.79 Å². The minimum atomic E-state index is -0.199. The van der Waals surface area contributed by atoms with Gasteiger partial charge in [-0.05, 0) is 37.6 Å². The van der Waals surface area contributed by atoms with Crippen molar-refractivity contribution in [2.24, 2.45) is 17.6 Å². The van der Waals surface area contributed by atoms with E-state index in [1.54, 1.807) is 0 Å². The third kappa shape index (κ3) is 3.82. The minimum absolute atomic E-state index is 0.199. The molecule has 0 bridgehead atoms. The molecule has 3 heteroatoms. The number of nitrogens with zero attached hydrogens (tertiary/aromatic N) is 1. The third-order valence-electron chi connectivity index (χ3n) is 3.46. The summed E-state index contributed by atoms with van der Waals surface area (Å²) in [5.74, 6) is 1.19. The third-order valence-corrected chi connectivity index (χ3v) is 3.46. The van der Waals surface area contributed by atoms with Crippen LogP contribution in [-0.4, -0.2) is 29.9 Å². The number of hydrogen-bond acceptors (Lipinski definition) is 2. The van der Waals surface area contributed by atoms with Crippen molar-refractivity contribution in [3.63, 3.8) is 0 Å². The molecule has 0 aromatic heterocycles. The second-order valence-electron chi connectivity index (χ2n) is 5.22. The van der Waals surface area contributed by atoms with Crippen LogP contribution < -0.4 is 5.73 Å². The van der Waals surface area contributed by atoms with E-state index in [0.717, 1.165) is 12.5 Å². The van der Waals surface area contributed by atoms with E-state index in [2.05, 4.69) is 25.7 Å². The Labute approximate surface area is 93.0 Å². The summed E-state index contributed by atoms with van der Waals surface area (Å²) in [4.78, 5) is 13.3. The molecule has 1 aliphatic heterocycles. The average Bonchev–Trinajstić information content (AvgIpc) is 2.28. The van der Waals surface area contributed by atoms with Crippen LogP contribution in [0.5, 0.6) is 0 Å². The molecule has 1 saturated heterocycles. The van der Waals surface area contributed by atoms with E-state index in [-0.39, 0.29) is 5.91 Å². The van der Waals surface area contributed by atoms with Crippen molar-refractivity contribution >= 4 is 5.91 Å². The van der Waals surface area contributed by atoms with Crippen LogP contribution in [0.25, 0.3) is 0 Å². The maximum atomic E-state index is 11.0. The van der Waals surface area contributed by atoms with Crippen molar-refractivity contribution < 1.29 is 4.79 Å². The lowest BCUT2D eigenvalue weighted by atomic mass is 9.95. The first-order valence-electron chi connectivity index (χ1n) is 6.03. The molecule has 0 aromatic rings. The molecule has 0 radical (unpaired) electrons. The molecule has 15 heavy (non-hydrogen) atoms. The highest BCUT2D eigenvalue weighted by Gasteiger charge is 2.26. The fourth-order valence-corrected chi connectivity index (χ4v) is 2.49. The quantitative estimate of drug-likeness (QED) is 0.772. The highest BCUT2D eigenvalue weighted by Crippen LogP contribution is 2.25. The Morgan fingerprint density at radius 3 is 2.60 bits per heavy atom. The second kappa shape index (κ2) is 5.50. The number of nitrogens with two attached hydrogens (primary N) is 1. The lowest BCUT2D eigenvalue weighted by Gasteiger charge is -2.31. The Bertz CT molecular complexity index is 216. The number of carbonyl (C=O) groups excluding carboxylic acids is 1. The number of hydrogen-bond donors (Lipinski definition) is 1. The van der Waals surface area contributed by atoms with Gasteiger partial charge < -0.3 is 5.73 Å².